The molecule has 0 radical (unpaired) electrons. The van der Waals surface area contributed by atoms with Gasteiger partial charge < -0.3 is 4.57 Å². The molecule has 3 aromatic rings. The lowest BCUT2D eigenvalue weighted by atomic mass is 10.3. The minimum absolute atomic E-state index is 0.134. The molecule has 130 valence electrons. The second kappa shape index (κ2) is 6.48. The largest absolute Gasteiger partial charge is 0.332 e. The minimum atomic E-state index is -0.499. The molecule has 0 aromatic carbocycles. The van der Waals surface area contributed by atoms with Gasteiger partial charge in [0, 0.05) is 19.0 Å². The number of hydrazone groups is 1. The van der Waals surface area contributed by atoms with Crippen LogP contribution in [0.3, 0.4) is 0 Å². The molecule has 3 aromatic heterocycles. The molecule has 0 atom stereocenters. The van der Waals surface area contributed by atoms with Gasteiger partial charge in [0.05, 0.1) is 12.5 Å². The fourth-order valence-electron chi connectivity index (χ4n) is 2.39. The Balaban J connectivity index is 1.83. The Morgan fingerprint density at radius 3 is 2.80 bits per heavy atom. The van der Waals surface area contributed by atoms with Gasteiger partial charge in [-0.05, 0) is 23.9 Å². The number of hydrogen-bond donors (Lipinski definition) is 1. The third-order valence-corrected chi connectivity index (χ3v) is 4.76. The van der Waals surface area contributed by atoms with Crippen molar-refractivity contribution in [2.24, 2.45) is 19.2 Å². The van der Waals surface area contributed by atoms with Crippen LogP contribution in [-0.2, 0) is 25.4 Å². The molecule has 1 amide bonds. The van der Waals surface area contributed by atoms with E-state index in [4.69, 9.17) is 0 Å². The van der Waals surface area contributed by atoms with Crippen LogP contribution in [0, 0.1) is 6.92 Å². The Bertz CT molecular complexity index is 1100. The van der Waals surface area contributed by atoms with Crippen LogP contribution in [0.4, 0.5) is 0 Å². The number of aryl methyl sites for hydroxylation is 2. The molecular weight excluding hydrogens is 344 g/mol. The van der Waals surface area contributed by atoms with Gasteiger partial charge in [0.1, 0.15) is 6.54 Å². The van der Waals surface area contributed by atoms with E-state index in [2.05, 4.69) is 15.5 Å². The number of nitrogens with one attached hydrogen (secondary N) is 1. The van der Waals surface area contributed by atoms with Crippen molar-refractivity contribution in [3.63, 3.8) is 0 Å². The molecule has 1 N–H and O–H groups in total. The summed E-state index contributed by atoms with van der Waals surface area (Å²) in [5.41, 5.74) is 2.96. The number of fused-ring (bicyclic) bond motifs is 1. The van der Waals surface area contributed by atoms with Crippen molar-refractivity contribution in [3.8, 4) is 0 Å². The topological polar surface area (TPSA) is 103 Å². The van der Waals surface area contributed by atoms with Crippen molar-refractivity contribution >= 4 is 34.6 Å². The number of aromatic nitrogens is 4. The highest BCUT2D eigenvalue weighted by atomic mass is 32.1. The van der Waals surface area contributed by atoms with E-state index in [9.17, 15) is 14.4 Å². The molecule has 0 saturated heterocycles. The monoisotopic (exact) mass is 360 g/mol. The standard InChI is InChI=1S/C15H16N6O3S/c1-9-4-5-25-10(9)6-17-18-11(22)7-21-8-16-13-12(21)14(23)20(3)15(24)19(13)2/h4-6,8H,7H2,1-3H3,(H,18,22)/b17-6+. The average Bonchev–Trinajstić information content (AvgIpc) is 3.18. The van der Waals surface area contributed by atoms with Gasteiger partial charge in [0.15, 0.2) is 11.2 Å². The molecule has 3 rings (SSSR count). The summed E-state index contributed by atoms with van der Waals surface area (Å²) in [7, 11) is 2.91. The maximum Gasteiger partial charge on any atom is 0.332 e. The number of nitrogens with zero attached hydrogens (tertiary/aromatic N) is 5. The Kier molecular flexibility index (Phi) is 4.36. The number of hydrogen-bond acceptors (Lipinski definition) is 6. The zero-order chi connectivity index (χ0) is 18.1. The number of rotatable bonds is 4. The van der Waals surface area contributed by atoms with Gasteiger partial charge in [0.25, 0.3) is 11.5 Å². The van der Waals surface area contributed by atoms with Gasteiger partial charge in [-0.3, -0.25) is 18.7 Å². The minimum Gasteiger partial charge on any atom is -0.315 e. The first-order valence-electron chi connectivity index (χ1n) is 7.37. The first-order valence-corrected chi connectivity index (χ1v) is 8.25. The number of carbonyl (C=O) groups excluding carboxylic acids is 1. The Morgan fingerprint density at radius 2 is 2.12 bits per heavy atom. The van der Waals surface area contributed by atoms with Crippen LogP contribution in [0.1, 0.15) is 10.4 Å². The summed E-state index contributed by atoms with van der Waals surface area (Å²) in [6, 6.07) is 1.96. The van der Waals surface area contributed by atoms with E-state index >= 15 is 0 Å². The Hall–Kier alpha value is -3.01. The van der Waals surface area contributed by atoms with E-state index < -0.39 is 17.2 Å². The lowest BCUT2D eigenvalue weighted by molar-refractivity contribution is -0.121. The van der Waals surface area contributed by atoms with Crippen molar-refractivity contribution < 1.29 is 4.79 Å². The van der Waals surface area contributed by atoms with Gasteiger partial charge >= 0.3 is 5.69 Å². The van der Waals surface area contributed by atoms with Crippen LogP contribution in [-0.4, -0.2) is 30.8 Å². The van der Waals surface area contributed by atoms with Gasteiger partial charge in [-0.2, -0.15) is 5.10 Å². The van der Waals surface area contributed by atoms with Crippen molar-refractivity contribution in [1.29, 1.82) is 0 Å². The highest BCUT2D eigenvalue weighted by Crippen LogP contribution is 2.12. The Labute approximate surface area is 145 Å². The third kappa shape index (κ3) is 3.03. The fraction of sp³-hybridized carbons (Fsp3) is 0.267. The van der Waals surface area contributed by atoms with E-state index in [0.29, 0.717) is 0 Å². The van der Waals surface area contributed by atoms with Crippen LogP contribution >= 0.6 is 11.3 Å². The predicted octanol–water partition coefficient (Wildman–Crippen LogP) is -0.0461. The molecule has 0 unspecified atom stereocenters. The summed E-state index contributed by atoms with van der Waals surface area (Å²) in [5, 5.41) is 5.86. The molecule has 0 bridgehead atoms. The quantitative estimate of drug-likeness (QED) is 0.520. The molecule has 0 aliphatic heterocycles. The van der Waals surface area contributed by atoms with Crippen LogP contribution in [0.2, 0.25) is 0 Å². The predicted molar refractivity (Wildman–Crippen MR) is 95.0 cm³/mol. The number of thiophene rings is 1. The summed E-state index contributed by atoms with van der Waals surface area (Å²) in [5.74, 6) is -0.402. The molecule has 9 nitrogen and oxygen atoms in total. The van der Waals surface area contributed by atoms with Gasteiger partial charge in [-0.25, -0.2) is 15.2 Å². The van der Waals surface area contributed by atoms with Crippen molar-refractivity contribution in [2.75, 3.05) is 0 Å². The molecule has 0 spiro atoms. The van der Waals surface area contributed by atoms with E-state index in [1.807, 2.05) is 18.4 Å². The first kappa shape index (κ1) is 16.8. The summed E-state index contributed by atoms with van der Waals surface area (Å²) in [6.45, 7) is 1.82. The maximum atomic E-state index is 12.3. The zero-order valence-electron chi connectivity index (χ0n) is 13.9. The number of carbonyl (C=O) groups is 1. The van der Waals surface area contributed by atoms with Crippen molar-refractivity contribution in [2.45, 2.75) is 13.5 Å². The van der Waals surface area contributed by atoms with Crippen molar-refractivity contribution in [1.82, 2.24) is 24.1 Å². The van der Waals surface area contributed by atoms with Gasteiger partial charge in [0.2, 0.25) is 0 Å². The summed E-state index contributed by atoms with van der Waals surface area (Å²) in [4.78, 5) is 41.3. The van der Waals surface area contributed by atoms with E-state index in [-0.39, 0.29) is 17.7 Å². The van der Waals surface area contributed by atoms with Gasteiger partial charge in [-0.15, -0.1) is 11.3 Å². The van der Waals surface area contributed by atoms with Gasteiger partial charge in [-0.1, -0.05) is 0 Å². The first-order chi connectivity index (χ1) is 11.9. The smallest absolute Gasteiger partial charge is 0.315 e. The lowest BCUT2D eigenvalue weighted by Gasteiger charge is -2.05. The molecule has 0 saturated carbocycles. The number of imidazole rings is 1. The molecule has 25 heavy (non-hydrogen) atoms. The van der Waals surface area contributed by atoms with E-state index in [0.717, 1.165) is 15.0 Å². The normalized spacial score (nSPS) is 11.5. The maximum absolute atomic E-state index is 12.3. The SMILES string of the molecule is Cc1ccsc1/C=N/NC(=O)Cn1cnc2c1c(=O)n(C)c(=O)n2C. The average molecular weight is 360 g/mol. The summed E-state index contributed by atoms with van der Waals surface area (Å²) >= 11 is 1.52. The highest BCUT2D eigenvalue weighted by molar-refractivity contribution is 7.11. The van der Waals surface area contributed by atoms with E-state index in [1.54, 1.807) is 6.21 Å². The third-order valence-electron chi connectivity index (χ3n) is 3.80. The molecule has 10 heteroatoms. The van der Waals surface area contributed by atoms with Crippen LogP contribution in [0.25, 0.3) is 11.2 Å². The number of amides is 1. The molecule has 0 aliphatic rings. The highest BCUT2D eigenvalue weighted by Gasteiger charge is 2.15. The molecule has 0 aliphatic carbocycles. The van der Waals surface area contributed by atoms with Crippen LogP contribution in [0.15, 0.2) is 32.5 Å². The summed E-state index contributed by atoms with van der Waals surface area (Å²) < 4.78 is 3.65. The Morgan fingerprint density at radius 1 is 1.36 bits per heavy atom. The second-order valence-corrected chi connectivity index (χ2v) is 6.46. The summed E-state index contributed by atoms with van der Waals surface area (Å²) in [6.07, 6.45) is 2.94. The van der Waals surface area contributed by atoms with E-state index in [1.165, 1.54) is 40.9 Å². The molecule has 0 fully saturated rings. The fourth-order valence-corrected chi connectivity index (χ4v) is 3.17. The van der Waals surface area contributed by atoms with Crippen LogP contribution < -0.4 is 16.7 Å². The molecular formula is C15H16N6O3S. The van der Waals surface area contributed by atoms with Crippen LogP contribution in [0.5, 0.6) is 0 Å². The second-order valence-electron chi connectivity index (χ2n) is 5.51. The molecule has 3 heterocycles. The van der Waals surface area contributed by atoms with Crippen molar-refractivity contribution in [3.05, 3.63) is 49.1 Å². The lowest BCUT2D eigenvalue weighted by Crippen LogP contribution is -2.38. The zero-order valence-corrected chi connectivity index (χ0v) is 14.7.